The fourth-order valence-corrected chi connectivity index (χ4v) is 6.29. The van der Waals surface area contributed by atoms with E-state index in [0.717, 1.165) is 47.4 Å². The molecule has 46 heavy (non-hydrogen) atoms. The Morgan fingerprint density at radius 2 is 1.87 bits per heavy atom. The van der Waals surface area contributed by atoms with Gasteiger partial charge in [-0.2, -0.15) is 4.99 Å². The first-order chi connectivity index (χ1) is 22.0. The van der Waals surface area contributed by atoms with Gasteiger partial charge in [0, 0.05) is 29.2 Å². The maximum atomic E-state index is 13.0. The second-order valence-corrected chi connectivity index (χ2v) is 12.1. The summed E-state index contributed by atoms with van der Waals surface area (Å²) in [5.41, 5.74) is 6.56. The van der Waals surface area contributed by atoms with E-state index < -0.39 is 12.4 Å². The number of anilines is 1. The van der Waals surface area contributed by atoms with Crippen molar-refractivity contribution in [1.82, 2.24) is 20.1 Å². The molecule has 2 amide bonds. The summed E-state index contributed by atoms with van der Waals surface area (Å²) in [5, 5.41) is 7.97. The smallest absolute Gasteiger partial charge is 0.406 e. The summed E-state index contributed by atoms with van der Waals surface area (Å²) >= 11 is 1.60. The van der Waals surface area contributed by atoms with Gasteiger partial charge in [-0.1, -0.05) is 61.5 Å². The number of nitrogens with zero attached hydrogens (tertiary/aromatic N) is 5. The molecule has 1 saturated heterocycles. The molecule has 1 aliphatic rings. The zero-order valence-corrected chi connectivity index (χ0v) is 26.8. The highest BCUT2D eigenvalue weighted by Crippen LogP contribution is 2.33. The Hall–Kier alpha value is -4.58. The van der Waals surface area contributed by atoms with Crippen LogP contribution in [0.25, 0.3) is 22.6 Å². The zero-order valence-electron chi connectivity index (χ0n) is 26.0. The SMILES string of the molecule is CCCc1ccc(C)cc1N1/C(=N/C(=O)N/C=C(\C)c2ccc(-c3ncn(-c4ccc(OC(F)(F)F)cc4)n3)cc2)SCCC1C. The van der Waals surface area contributed by atoms with Crippen LogP contribution in [0.15, 0.2) is 84.2 Å². The summed E-state index contributed by atoms with van der Waals surface area (Å²) < 4.78 is 42.7. The lowest BCUT2D eigenvalue weighted by Gasteiger charge is -2.37. The van der Waals surface area contributed by atoms with Crippen LogP contribution in [0.2, 0.25) is 0 Å². The lowest BCUT2D eigenvalue weighted by Crippen LogP contribution is -2.42. The number of aryl methyl sites for hydroxylation is 2. The van der Waals surface area contributed by atoms with Crippen LogP contribution in [-0.4, -0.2) is 44.1 Å². The van der Waals surface area contributed by atoms with Crippen LogP contribution < -0.4 is 15.0 Å². The normalized spacial score (nSPS) is 16.5. The highest BCUT2D eigenvalue weighted by atomic mass is 32.2. The molecule has 3 aromatic carbocycles. The molecule has 1 fully saturated rings. The monoisotopic (exact) mass is 648 g/mol. The van der Waals surface area contributed by atoms with Crippen molar-refractivity contribution in [2.24, 2.45) is 4.99 Å². The van der Waals surface area contributed by atoms with Crippen LogP contribution in [0.4, 0.5) is 23.7 Å². The predicted molar refractivity (Wildman–Crippen MR) is 177 cm³/mol. The van der Waals surface area contributed by atoms with Gasteiger partial charge in [0.1, 0.15) is 12.1 Å². The summed E-state index contributed by atoms with van der Waals surface area (Å²) in [7, 11) is 0. The lowest BCUT2D eigenvalue weighted by molar-refractivity contribution is -0.274. The molecule has 0 aliphatic carbocycles. The van der Waals surface area contributed by atoms with Gasteiger partial charge < -0.3 is 15.0 Å². The third-order valence-electron chi connectivity index (χ3n) is 7.47. The van der Waals surface area contributed by atoms with E-state index in [4.69, 9.17) is 0 Å². The number of halogens is 3. The summed E-state index contributed by atoms with van der Waals surface area (Å²) in [4.78, 5) is 24.0. The van der Waals surface area contributed by atoms with Crippen LogP contribution in [0.1, 0.15) is 50.3 Å². The fourth-order valence-electron chi connectivity index (χ4n) is 5.09. The van der Waals surface area contributed by atoms with Crippen molar-refractivity contribution in [1.29, 1.82) is 0 Å². The van der Waals surface area contributed by atoms with Crippen LogP contribution in [0.3, 0.4) is 0 Å². The molecule has 12 heteroatoms. The number of allylic oxidation sites excluding steroid dienone is 1. The number of nitrogens with one attached hydrogen (secondary N) is 1. The van der Waals surface area contributed by atoms with Crippen LogP contribution in [-0.2, 0) is 6.42 Å². The summed E-state index contributed by atoms with van der Waals surface area (Å²) in [6.07, 6.45) is 1.38. The Morgan fingerprint density at radius 3 is 2.57 bits per heavy atom. The minimum atomic E-state index is -4.75. The molecule has 240 valence electrons. The zero-order chi connectivity index (χ0) is 32.8. The van der Waals surface area contributed by atoms with Crippen LogP contribution in [0, 0.1) is 6.92 Å². The van der Waals surface area contributed by atoms with E-state index in [2.05, 4.69) is 69.0 Å². The molecule has 8 nitrogen and oxygen atoms in total. The number of hydrogen-bond acceptors (Lipinski definition) is 5. The first-order valence-electron chi connectivity index (χ1n) is 15.0. The van der Waals surface area contributed by atoms with Gasteiger partial charge in [-0.3, -0.25) is 0 Å². The van der Waals surface area contributed by atoms with Gasteiger partial charge >= 0.3 is 12.4 Å². The Kier molecular flexibility index (Phi) is 10.2. The molecule has 5 rings (SSSR count). The number of carbonyl (C=O) groups excluding carboxylic acids is 1. The van der Waals surface area contributed by atoms with Crippen molar-refractivity contribution in [3.8, 4) is 22.8 Å². The second kappa shape index (κ2) is 14.2. The molecule has 0 bridgehead atoms. The van der Waals surface area contributed by atoms with Crippen LogP contribution in [0.5, 0.6) is 5.75 Å². The van der Waals surface area contributed by atoms with E-state index in [1.807, 2.05) is 31.2 Å². The Morgan fingerprint density at radius 1 is 1.13 bits per heavy atom. The van der Waals surface area contributed by atoms with E-state index >= 15 is 0 Å². The van der Waals surface area contributed by atoms with E-state index in [1.54, 1.807) is 18.0 Å². The highest BCUT2D eigenvalue weighted by Gasteiger charge is 2.31. The average Bonchev–Trinajstić information content (AvgIpc) is 3.51. The molecular weight excluding hydrogens is 613 g/mol. The number of aliphatic imine (C=N–C) groups is 1. The van der Waals surface area contributed by atoms with Crippen molar-refractivity contribution < 1.29 is 22.7 Å². The molecular formula is C34H35F3N6O2S. The third-order valence-corrected chi connectivity index (χ3v) is 8.45. The standard InChI is InChI=1S/C34H35F3N6O2S/c1-5-6-26-8-7-22(2)19-30(26)43-24(4)17-18-46-33(43)40-32(44)38-20-23(3)25-9-11-27(12-10-25)31-39-21-42(41-31)28-13-15-29(16-14-28)45-34(35,36)37/h7-16,19-21,24H,5-6,17-18H2,1-4H3,(H,38,44)/b23-20+,40-33-. The van der Waals surface area contributed by atoms with Crippen molar-refractivity contribution in [2.75, 3.05) is 10.7 Å². The molecule has 1 atom stereocenters. The maximum Gasteiger partial charge on any atom is 0.573 e. The first kappa shape index (κ1) is 32.8. The minimum absolute atomic E-state index is 0.223. The number of amidine groups is 1. The van der Waals surface area contributed by atoms with Gasteiger partial charge in [0.05, 0.1) is 5.69 Å². The second-order valence-electron chi connectivity index (χ2n) is 11.0. The third kappa shape index (κ3) is 8.16. The molecule has 1 aliphatic heterocycles. The van der Waals surface area contributed by atoms with E-state index in [9.17, 15) is 18.0 Å². The van der Waals surface area contributed by atoms with E-state index in [1.165, 1.54) is 46.4 Å². The van der Waals surface area contributed by atoms with Gasteiger partial charge in [0.15, 0.2) is 11.0 Å². The number of benzene rings is 3. The predicted octanol–water partition coefficient (Wildman–Crippen LogP) is 8.55. The molecule has 2 heterocycles. The number of alkyl halides is 3. The highest BCUT2D eigenvalue weighted by molar-refractivity contribution is 8.14. The molecule has 1 N–H and O–H groups in total. The average molecular weight is 649 g/mol. The number of amides is 2. The summed E-state index contributed by atoms with van der Waals surface area (Å²) in [5.74, 6) is 1.04. The fraction of sp³-hybridized carbons (Fsp3) is 0.294. The Balaban J connectivity index is 1.25. The summed E-state index contributed by atoms with van der Waals surface area (Å²) in [6.45, 7) is 8.32. The molecule has 4 aromatic rings. The van der Waals surface area contributed by atoms with Crippen molar-refractivity contribution in [2.45, 2.75) is 59.4 Å². The van der Waals surface area contributed by atoms with Gasteiger partial charge in [-0.05, 0) is 86.2 Å². The summed E-state index contributed by atoms with van der Waals surface area (Å²) in [6, 6.07) is 19.2. The minimum Gasteiger partial charge on any atom is -0.406 e. The van der Waals surface area contributed by atoms with Crippen molar-refractivity contribution in [3.05, 3.63) is 95.9 Å². The number of ether oxygens (including phenoxy) is 1. The first-order valence-corrected chi connectivity index (χ1v) is 16.0. The lowest BCUT2D eigenvalue weighted by atomic mass is 10.0. The Bertz CT molecular complexity index is 1730. The van der Waals surface area contributed by atoms with Crippen molar-refractivity contribution in [3.63, 3.8) is 0 Å². The van der Waals surface area contributed by atoms with Gasteiger partial charge in [0.2, 0.25) is 0 Å². The van der Waals surface area contributed by atoms with E-state index in [-0.39, 0.29) is 11.8 Å². The van der Waals surface area contributed by atoms with E-state index in [0.29, 0.717) is 16.7 Å². The number of hydrogen-bond donors (Lipinski definition) is 1. The van der Waals surface area contributed by atoms with Gasteiger partial charge in [0.25, 0.3) is 0 Å². The topological polar surface area (TPSA) is 84.6 Å². The number of rotatable bonds is 8. The molecule has 1 unspecified atom stereocenters. The largest absolute Gasteiger partial charge is 0.573 e. The molecule has 0 saturated carbocycles. The maximum absolute atomic E-state index is 13.0. The molecule has 1 aromatic heterocycles. The number of urea groups is 1. The van der Waals surface area contributed by atoms with Gasteiger partial charge in [-0.25, -0.2) is 14.5 Å². The molecule has 0 radical (unpaired) electrons. The quantitative estimate of drug-likeness (QED) is 0.206. The molecule has 0 spiro atoms. The Labute approximate surface area is 270 Å². The van der Waals surface area contributed by atoms with Crippen molar-refractivity contribution >= 4 is 34.2 Å². The number of aromatic nitrogens is 3. The number of carbonyl (C=O) groups is 1. The number of thioether (sulfide) groups is 1. The van der Waals surface area contributed by atoms with Crippen LogP contribution >= 0.6 is 11.8 Å². The van der Waals surface area contributed by atoms with Gasteiger partial charge in [-0.15, -0.1) is 18.3 Å².